The lowest BCUT2D eigenvalue weighted by Gasteiger charge is -2.26. The number of hydrogen-bond acceptors (Lipinski definition) is 5. The Morgan fingerprint density at radius 2 is 1.65 bits per heavy atom. The van der Waals surface area contributed by atoms with Crippen molar-refractivity contribution in [2.24, 2.45) is 0 Å². The molecule has 0 spiro atoms. The van der Waals surface area contributed by atoms with Gasteiger partial charge in [0.05, 0.1) is 7.11 Å². The van der Waals surface area contributed by atoms with Gasteiger partial charge in [0.1, 0.15) is 6.04 Å². The van der Waals surface area contributed by atoms with Gasteiger partial charge in [0.25, 0.3) is 0 Å². The van der Waals surface area contributed by atoms with Crippen LogP contribution in [-0.4, -0.2) is 50.7 Å². The van der Waals surface area contributed by atoms with Crippen molar-refractivity contribution in [2.45, 2.75) is 19.1 Å². The third-order valence-electron chi connectivity index (χ3n) is 4.30. The van der Waals surface area contributed by atoms with Gasteiger partial charge in [-0.1, -0.05) is 60.7 Å². The van der Waals surface area contributed by atoms with Gasteiger partial charge in [-0.15, -0.1) is 0 Å². The Kier molecular flexibility index (Phi) is 8.83. The average molecular weight is 355 g/mol. The number of carbonyl (C=O) groups excluding carboxylic acids is 1. The smallest absolute Gasteiger partial charge is 0.324 e. The van der Waals surface area contributed by atoms with Gasteiger partial charge < -0.3 is 15.4 Å². The molecular formula is C21H29N3O2. The van der Waals surface area contributed by atoms with Crippen molar-refractivity contribution in [3.63, 3.8) is 0 Å². The van der Waals surface area contributed by atoms with Crippen molar-refractivity contribution >= 4 is 5.97 Å². The Morgan fingerprint density at radius 3 is 2.23 bits per heavy atom. The quantitative estimate of drug-likeness (QED) is 0.477. The Labute approximate surface area is 156 Å². The molecule has 26 heavy (non-hydrogen) atoms. The fraction of sp³-hybridized carbons (Fsp3) is 0.381. The number of nitrogens with one attached hydrogen (secondary N) is 2. The van der Waals surface area contributed by atoms with Crippen molar-refractivity contribution in [3.05, 3.63) is 71.8 Å². The summed E-state index contributed by atoms with van der Waals surface area (Å²) in [5.74, 6) is -0.234. The van der Waals surface area contributed by atoms with Crippen LogP contribution in [0.2, 0.25) is 0 Å². The molecule has 1 unspecified atom stereocenters. The maximum atomic E-state index is 11.9. The normalized spacial score (nSPS) is 12.1. The summed E-state index contributed by atoms with van der Waals surface area (Å²) < 4.78 is 4.89. The van der Waals surface area contributed by atoms with Crippen molar-refractivity contribution in [3.8, 4) is 0 Å². The SMILES string of the molecule is CNC(CN(CCNCc1ccccc1)Cc1ccccc1)C(=O)OC. The van der Waals surface area contributed by atoms with Crippen LogP contribution in [0.15, 0.2) is 60.7 Å². The highest BCUT2D eigenvalue weighted by Gasteiger charge is 2.20. The van der Waals surface area contributed by atoms with Crippen molar-refractivity contribution < 1.29 is 9.53 Å². The minimum absolute atomic E-state index is 0.234. The van der Waals surface area contributed by atoms with Crippen LogP contribution in [0.1, 0.15) is 11.1 Å². The van der Waals surface area contributed by atoms with Crippen LogP contribution in [0.25, 0.3) is 0 Å². The number of hydrogen-bond donors (Lipinski definition) is 2. The second-order valence-electron chi connectivity index (χ2n) is 6.25. The van der Waals surface area contributed by atoms with E-state index in [0.29, 0.717) is 6.54 Å². The van der Waals surface area contributed by atoms with E-state index >= 15 is 0 Å². The Balaban J connectivity index is 1.90. The molecule has 2 N–H and O–H groups in total. The molecule has 0 fully saturated rings. The molecule has 2 aromatic rings. The maximum absolute atomic E-state index is 11.9. The van der Waals surface area contributed by atoms with E-state index in [4.69, 9.17) is 4.74 Å². The summed E-state index contributed by atoms with van der Waals surface area (Å²) in [5, 5.41) is 6.52. The number of rotatable bonds is 11. The first-order chi connectivity index (χ1) is 12.7. The lowest BCUT2D eigenvalue weighted by Crippen LogP contribution is -2.46. The van der Waals surface area contributed by atoms with E-state index in [1.165, 1.54) is 18.2 Å². The first kappa shape index (κ1) is 20.1. The van der Waals surface area contributed by atoms with Crippen LogP contribution in [0.3, 0.4) is 0 Å². The molecule has 2 aromatic carbocycles. The number of carbonyl (C=O) groups is 1. The number of nitrogens with zero attached hydrogens (tertiary/aromatic N) is 1. The highest BCUT2D eigenvalue weighted by atomic mass is 16.5. The van der Waals surface area contributed by atoms with Crippen LogP contribution in [0.4, 0.5) is 0 Å². The van der Waals surface area contributed by atoms with Crippen molar-refractivity contribution in [1.29, 1.82) is 0 Å². The number of benzene rings is 2. The van der Waals surface area contributed by atoms with Crippen molar-refractivity contribution in [2.75, 3.05) is 33.8 Å². The molecule has 5 heteroatoms. The molecule has 0 aliphatic heterocycles. The Bertz CT molecular complexity index is 634. The van der Waals surface area contributed by atoms with E-state index in [1.54, 1.807) is 7.05 Å². The molecule has 0 bridgehead atoms. The van der Waals surface area contributed by atoms with E-state index in [0.717, 1.165) is 26.2 Å². The zero-order valence-corrected chi connectivity index (χ0v) is 15.7. The minimum Gasteiger partial charge on any atom is -0.468 e. The van der Waals surface area contributed by atoms with E-state index in [9.17, 15) is 4.79 Å². The molecule has 0 radical (unpaired) electrons. The van der Waals surface area contributed by atoms with Gasteiger partial charge >= 0.3 is 5.97 Å². The number of methoxy groups -OCH3 is 1. The summed E-state index contributed by atoms with van der Waals surface area (Å²) in [6.07, 6.45) is 0. The predicted octanol–water partition coefficient (Wildman–Crippen LogP) is 2.04. The third kappa shape index (κ3) is 6.96. The highest BCUT2D eigenvalue weighted by Crippen LogP contribution is 2.06. The molecular weight excluding hydrogens is 326 g/mol. The highest BCUT2D eigenvalue weighted by molar-refractivity contribution is 5.75. The monoisotopic (exact) mass is 355 g/mol. The molecule has 0 aliphatic carbocycles. The van der Waals surface area contributed by atoms with Gasteiger partial charge in [-0.3, -0.25) is 9.69 Å². The number of esters is 1. The first-order valence-electron chi connectivity index (χ1n) is 8.99. The second-order valence-corrected chi connectivity index (χ2v) is 6.25. The first-order valence-corrected chi connectivity index (χ1v) is 8.99. The zero-order chi connectivity index (χ0) is 18.6. The van der Waals surface area contributed by atoms with Gasteiger partial charge in [0, 0.05) is 32.7 Å². The Hall–Kier alpha value is -2.21. The van der Waals surface area contributed by atoms with Gasteiger partial charge in [0.2, 0.25) is 0 Å². The topological polar surface area (TPSA) is 53.6 Å². The van der Waals surface area contributed by atoms with E-state index in [1.807, 2.05) is 36.4 Å². The van der Waals surface area contributed by atoms with E-state index in [2.05, 4.69) is 39.8 Å². The largest absolute Gasteiger partial charge is 0.468 e. The molecule has 140 valence electrons. The minimum atomic E-state index is -0.335. The maximum Gasteiger partial charge on any atom is 0.324 e. The summed E-state index contributed by atoms with van der Waals surface area (Å²) in [6, 6.07) is 20.3. The third-order valence-corrected chi connectivity index (χ3v) is 4.30. The lowest BCUT2D eigenvalue weighted by molar-refractivity contribution is -0.143. The predicted molar refractivity (Wildman–Crippen MR) is 105 cm³/mol. The van der Waals surface area contributed by atoms with E-state index < -0.39 is 0 Å². The average Bonchev–Trinajstić information content (AvgIpc) is 2.70. The second kappa shape index (κ2) is 11.4. The van der Waals surface area contributed by atoms with Crippen molar-refractivity contribution in [1.82, 2.24) is 15.5 Å². The Morgan fingerprint density at radius 1 is 1.04 bits per heavy atom. The fourth-order valence-electron chi connectivity index (χ4n) is 2.83. The summed E-state index contributed by atoms with van der Waals surface area (Å²) in [7, 11) is 3.21. The number of likely N-dealkylation sites (N-methyl/N-ethyl adjacent to an activating group) is 1. The molecule has 0 saturated heterocycles. The molecule has 0 heterocycles. The summed E-state index contributed by atoms with van der Waals surface area (Å²) >= 11 is 0. The van der Waals surface area contributed by atoms with Gasteiger partial charge in [0.15, 0.2) is 0 Å². The lowest BCUT2D eigenvalue weighted by atomic mass is 10.2. The van der Waals surface area contributed by atoms with Gasteiger partial charge in [-0.2, -0.15) is 0 Å². The van der Waals surface area contributed by atoms with Gasteiger partial charge in [-0.05, 0) is 18.2 Å². The standard InChI is InChI=1S/C21H29N3O2/c1-22-20(21(25)26-2)17-24(16-19-11-7-4-8-12-19)14-13-23-15-18-9-5-3-6-10-18/h3-12,20,22-23H,13-17H2,1-2H3. The molecule has 1 atom stereocenters. The summed E-state index contributed by atoms with van der Waals surface area (Å²) in [4.78, 5) is 14.2. The summed E-state index contributed by atoms with van der Waals surface area (Å²) in [5.41, 5.74) is 2.50. The van der Waals surface area contributed by atoms with Crippen LogP contribution in [0.5, 0.6) is 0 Å². The van der Waals surface area contributed by atoms with Crippen LogP contribution >= 0.6 is 0 Å². The molecule has 0 aliphatic rings. The van der Waals surface area contributed by atoms with Gasteiger partial charge in [-0.25, -0.2) is 0 Å². The van der Waals surface area contributed by atoms with Crippen LogP contribution in [0, 0.1) is 0 Å². The summed E-state index contributed by atoms with van der Waals surface area (Å²) in [6.45, 7) is 3.93. The molecule has 0 aromatic heterocycles. The molecule has 0 amide bonds. The van der Waals surface area contributed by atoms with E-state index in [-0.39, 0.29) is 12.0 Å². The molecule has 2 rings (SSSR count). The fourth-order valence-corrected chi connectivity index (χ4v) is 2.83. The zero-order valence-electron chi connectivity index (χ0n) is 15.7. The van der Waals surface area contributed by atoms with Crippen LogP contribution < -0.4 is 10.6 Å². The molecule has 5 nitrogen and oxygen atoms in total. The van der Waals surface area contributed by atoms with Crippen LogP contribution in [-0.2, 0) is 22.6 Å². The molecule has 0 saturated carbocycles. The number of ether oxygens (including phenoxy) is 1.